The van der Waals surface area contributed by atoms with Crippen LogP contribution in [0.3, 0.4) is 0 Å². The molecule has 1 amide bonds. The Balaban J connectivity index is 1.48. The Labute approximate surface area is 164 Å². The van der Waals surface area contributed by atoms with E-state index in [-0.39, 0.29) is 5.91 Å². The molecule has 7 nitrogen and oxygen atoms in total. The lowest BCUT2D eigenvalue weighted by molar-refractivity contribution is 0.0663. The van der Waals surface area contributed by atoms with Crippen LogP contribution in [0.1, 0.15) is 10.4 Å². The molecule has 28 heavy (non-hydrogen) atoms. The molecule has 0 bridgehead atoms. The molecule has 3 heterocycles. The Bertz CT molecular complexity index is 942. The minimum atomic E-state index is 0.0427. The minimum absolute atomic E-state index is 0.0427. The molecule has 4 rings (SSSR count). The lowest BCUT2D eigenvalue weighted by Crippen LogP contribution is -2.47. The van der Waals surface area contributed by atoms with E-state index in [2.05, 4.69) is 22.0 Å². The van der Waals surface area contributed by atoms with Crippen molar-refractivity contribution in [3.8, 4) is 22.7 Å². The molecule has 3 aromatic rings. The molecule has 2 aromatic heterocycles. The number of nitrogens with zero attached hydrogens (tertiary/aromatic N) is 5. The second kappa shape index (κ2) is 7.82. The van der Waals surface area contributed by atoms with E-state index >= 15 is 0 Å². The first-order valence-electron chi connectivity index (χ1n) is 9.27. The molecule has 144 valence electrons. The summed E-state index contributed by atoms with van der Waals surface area (Å²) in [4.78, 5) is 21.2. The van der Waals surface area contributed by atoms with Crippen LogP contribution in [-0.2, 0) is 0 Å². The summed E-state index contributed by atoms with van der Waals surface area (Å²) in [6, 6.07) is 11.4. The fraction of sp³-hybridized carbons (Fsp3) is 0.286. The zero-order valence-corrected chi connectivity index (χ0v) is 16.1. The molecule has 1 aromatic carbocycles. The number of ether oxygens (including phenoxy) is 1. The van der Waals surface area contributed by atoms with Crippen molar-refractivity contribution in [1.29, 1.82) is 0 Å². The summed E-state index contributed by atoms with van der Waals surface area (Å²) < 4.78 is 6.98. The third-order valence-corrected chi connectivity index (χ3v) is 5.02. The highest BCUT2D eigenvalue weighted by atomic mass is 16.5. The van der Waals surface area contributed by atoms with Crippen molar-refractivity contribution >= 4 is 5.91 Å². The quantitative estimate of drug-likeness (QED) is 0.698. The molecule has 0 atom stereocenters. The zero-order chi connectivity index (χ0) is 19.5. The van der Waals surface area contributed by atoms with E-state index in [1.165, 1.54) is 0 Å². The summed E-state index contributed by atoms with van der Waals surface area (Å²) >= 11 is 0. The van der Waals surface area contributed by atoms with Gasteiger partial charge in [0.05, 0.1) is 30.3 Å². The molecule has 1 saturated heterocycles. The standard InChI is InChI=1S/C21H23N5O2/c1-24-9-11-25(12-10-24)21(27)16-3-8-20(22-13-16)17-14-23-26(15-17)18-4-6-19(28-2)7-5-18/h3-8,13-15H,9-12H2,1-2H3. The van der Waals surface area contributed by atoms with E-state index in [0.717, 1.165) is 48.9 Å². The molecule has 0 spiro atoms. The molecular weight excluding hydrogens is 354 g/mol. The van der Waals surface area contributed by atoms with Crippen molar-refractivity contribution in [2.45, 2.75) is 0 Å². The van der Waals surface area contributed by atoms with Gasteiger partial charge in [0.15, 0.2) is 0 Å². The van der Waals surface area contributed by atoms with Crippen LogP contribution >= 0.6 is 0 Å². The van der Waals surface area contributed by atoms with Crippen molar-refractivity contribution in [2.24, 2.45) is 0 Å². The topological polar surface area (TPSA) is 63.5 Å². The van der Waals surface area contributed by atoms with Crippen LogP contribution in [0.4, 0.5) is 0 Å². The van der Waals surface area contributed by atoms with Gasteiger partial charge in [-0.1, -0.05) is 0 Å². The van der Waals surface area contributed by atoms with Crippen LogP contribution in [-0.4, -0.2) is 70.8 Å². The maximum absolute atomic E-state index is 12.6. The fourth-order valence-corrected chi connectivity index (χ4v) is 3.21. The van der Waals surface area contributed by atoms with Gasteiger partial charge in [0.2, 0.25) is 0 Å². The second-order valence-electron chi connectivity index (χ2n) is 6.90. The summed E-state index contributed by atoms with van der Waals surface area (Å²) in [7, 11) is 3.72. The number of carbonyl (C=O) groups excluding carboxylic acids is 1. The SMILES string of the molecule is COc1ccc(-n2cc(-c3ccc(C(=O)N4CCN(C)CC4)cn3)cn2)cc1. The molecule has 1 fully saturated rings. The van der Waals surface area contributed by atoms with Gasteiger partial charge in [-0.2, -0.15) is 5.10 Å². The van der Waals surface area contributed by atoms with Gasteiger partial charge < -0.3 is 14.5 Å². The van der Waals surface area contributed by atoms with Gasteiger partial charge in [0.25, 0.3) is 5.91 Å². The van der Waals surface area contributed by atoms with Crippen LogP contribution in [0.25, 0.3) is 16.9 Å². The number of hydrogen-bond donors (Lipinski definition) is 0. The van der Waals surface area contributed by atoms with E-state index in [1.807, 2.05) is 47.5 Å². The second-order valence-corrected chi connectivity index (χ2v) is 6.90. The maximum atomic E-state index is 12.6. The summed E-state index contributed by atoms with van der Waals surface area (Å²) in [5, 5.41) is 4.41. The van der Waals surface area contributed by atoms with Crippen molar-refractivity contribution in [3.05, 3.63) is 60.6 Å². The predicted octanol–water partition coefficient (Wildman–Crippen LogP) is 2.33. The van der Waals surface area contributed by atoms with Crippen molar-refractivity contribution in [1.82, 2.24) is 24.6 Å². The van der Waals surface area contributed by atoms with E-state index < -0.39 is 0 Å². The van der Waals surface area contributed by atoms with E-state index in [4.69, 9.17) is 4.74 Å². The Morgan fingerprint density at radius 1 is 1.00 bits per heavy atom. The van der Waals surface area contributed by atoms with Gasteiger partial charge in [0.1, 0.15) is 5.75 Å². The molecule has 0 unspecified atom stereocenters. The number of benzene rings is 1. The monoisotopic (exact) mass is 377 g/mol. The number of methoxy groups -OCH3 is 1. The first-order valence-corrected chi connectivity index (χ1v) is 9.27. The van der Waals surface area contributed by atoms with Crippen molar-refractivity contribution in [3.63, 3.8) is 0 Å². The summed E-state index contributed by atoms with van der Waals surface area (Å²) in [5.41, 5.74) is 3.24. The number of carbonyl (C=O) groups is 1. The summed E-state index contributed by atoms with van der Waals surface area (Å²) in [5.74, 6) is 0.847. The number of pyridine rings is 1. The minimum Gasteiger partial charge on any atom is -0.497 e. The average Bonchev–Trinajstić information content (AvgIpc) is 3.24. The highest BCUT2D eigenvalue weighted by molar-refractivity contribution is 5.94. The molecule has 1 aliphatic heterocycles. The van der Waals surface area contributed by atoms with E-state index in [9.17, 15) is 4.79 Å². The normalized spacial score (nSPS) is 14.9. The van der Waals surface area contributed by atoms with Gasteiger partial charge in [-0.25, -0.2) is 4.68 Å². The first-order chi connectivity index (χ1) is 13.6. The lowest BCUT2D eigenvalue weighted by Gasteiger charge is -2.32. The van der Waals surface area contributed by atoms with Crippen LogP contribution in [0, 0.1) is 0 Å². The van der Waals surface area contributed by atoms with Gasteiger partial charge in [-0.15, -0.1) is 0 Å². The van der Waals surface area contributed by atoms with Gasteiger partial charge in [0, 0.05) is 44.1 Å². The molecule has 0 saturated carbocycles. The smallest absolute Gasteiger partial charge is 0.255 e. The molecule has 1 aliphatic rings. The number of aromatic nitrogens is 3. The summed E-state index contributed by atoms with van der Waals surface area (Å²) in [6.07, 6.45) is 5.35. The highest BCUT2D eigenvalue weighted by Gasteiger charge is 2.20. The third kappa shape index (κ3) is 3.75. The van der Waals surface area contributed by atoms with Crippen molar-refractivity contribution in [2.75, 3.05) is 40.3 Å². The van der Waals surface area contributed by atoms with E-state index in [1.54, 1.807) is 24.2 Å². The number of piperazine rings is 1. The number of rotatable bonds is 4. The highest BCUT2D eigenvalue weighted by Crippen LogP contribution is 2.20. The van der Waals surface area contributed by atoms with Crippen molar-refractivity contribution < 1.29 is 9.53 Å². The zero-order valence-electron chi connectivity index (χ0n) is 16.1. The molecule has 7 heteroatoms. The molecule has 0 N–H and O–H groups in total. The van der Waals surface area contributed by atoms with Crippen LogP contribution in [0.2, 0.25) is 0 Å². The maximum Gasteiger partial charge on any atom is 0.255 e. The Morgan fingerprint density at radius 2 is 1.75 bits per heavy atom. The van der Waals surface area contributed by atoms with Crippen LogP contribution in [0.15, 0.2) is 55.0 Å². The number of likely N-dealkylation sites (N-methyl/N-ethyl adjacent to an activating group) is 1. The Hall–Kier alpha value is -3.19. The Morgan fingerprint density at radius 3 is 2.39 bits per heavy atom. The van der Waals surface area contributed by atoms with Gasteiger partial charge in [-0.3, -0.25) is 9.78 Å². The van der Waals surface area contributed by atoms with Gasteiger partial charge in [-0.05, 0) is 43.4 Å². The summed E-state index contributed by atoms with van der Waals surface area (Å²) in [6.45, 7) is 3.32. The predicted molar refractivity (Wildman–Crippen MR) is 107 cm³/mol. The molecule has 0 radical (unpaired) electrons. The number of amides is 1. The van der Waals surface area contributed by atoms with E-state index in [0.29, 0.717) is 5.56 Å². The third-order valence-electron chi connectivity index (χ3n) is 5.02. The number of hydrogen-bond acceptors (Lipinski definition) is 5. The molecule has 0 aliphatic carbocycles. The molecular formula is C21H23N5O2. The van der Waals surface area contributed by atoms with Gasteiger partial charge >= 0.3 is 0 Å². The van der Waals surface area contributed by atoms with Crippen LogP contribution < -0.4 is 4.74 Å². The average molecular weight is 377 g/mol. The largest absolute Gasteiger partial charge is 0.497 e. The first kappa shape index (κ1) is 18.2. The van der Waals surface area contributed by atoms with Crippen LogP contribution in [0.5, 0.6) is 5.75 Å². The lowest BCUT2D eigenvalue weighted by atomic mass is 10.1. The Kier molecular flexibility index (Phi) is 5.08. The fourth-order valence-electron chi connectivity index (χ4n) is 3.21.